The monoisotopic (exact) mass is 307 g/mol. The van der Waals surface area contributed by atoms with Gasteiger partial charge in [0.1, 0.15) is 0 Å². The Labute approximate surface area is 126 Å². The quantitative estimate of drug-likeness (QED) is 0.917. The average Bonchev–Trinajstić information content (AvgIpc) is 2.54. The Morgan fingerprint density at radius 1 is 1.38 bits per heavy atom. The lowest BCUT2D eigenvalue weighted by atomic mass is 9.85. The second kappa shape index (κ2) is 6.56. The lowest BCUT2D eigenvalue weighted by Gasteiger charge is -2.36. The molecule has 1 fully saturated rings. The summed E-state index contributed by atoms with van der Waals surface area (Å²) in [6.07, 6.45) is 3.95. The summed E-state index contributed by atoms with van der Waals surface area (Å²) in [6, 6.07) is 8.07. The number of benzene rings is 1. The minimum atomic E-state index is -3.59. The van der Waals surface area contributed by atoms with E-state index < -0.39 is 10.0 Å². The molecule has 2 N–H and O–H groups in total. The van der Waals surface area contributed by atoms with Crippen LogP contribution < -0.4 is 5.73 Å². The van der Waals surface area contributed by atoms with E-state index in [1.54, 1.807) is 19.2 Å². The zero-order valence-corrected chi connectivity index (χ0v) is 13.0. The first-order valence-electron chi connectivity index (χ1n) is 7.19. The summed E-state index contributed by atoms with van der Waals surface area (Å²) in [5.41, 5.74) is 6.14. The van der Waals surface area contributed by atoms with Gasteiger partial charge in [0.05, 0.1) is 16.5 Å². The van der Waals surface area contributed by atoms with Gasteiger partial charge in [-0.25, -0.2) is 8.42 Å². The molecule has 2 unspecified atom stereocenters. The summed E-state index contributed by atoms with van der Waals surface area (Å²) in [5, 5.41) is 8.92. The highest BCUT2D eigenvalue weighted by atomic mass is 32.2. The second-order valence-corrected chi connectivity index (χ2v) is 7.51. The molecule has 114 valence electrons. The van der Waals surface area contributed by atoms with Crippen LogP contribution in [0.2, 0.25) is 0 Å². The molecule has 21 heavy (non-hydrogen) atoms. The smallest absolute Gasteiger partial charge is 0.243 e. The largest absolute Gasteiger partial charge is 0.330 e. The van der Waals surface area contributed by atoms with Crippen LogP contribution in [-0.2, 0) is 10.0 Å². The fourth-order valence-corrected chi connectivity index (χ4v) is 4.51. The van der Waals surface area contributed by atoms with Crippen LogP contribution in [-0.4, -0.2) is 32.4 Å². The highest BCUT2D eigenvalue weighted by Crippen LogP contribution is 2.30. The summed E-state index contributed by atoms with van der Waals surface area (Å²) in [7, 11) is -1.97. The number of hydrogen-bond donors (Lipinski definition) is 1. The van der Waals surface area contributed by atoms with Crippen LogP contribution in [0, 0.1) is 17.2 Å². The van der Waals surface area contributed by atoms with E-state index in [1.165, 1.54) is 16.4 Å². The summed E-state index contributed by atoms with van der Waals surface area (Å²) in [6.45, 7) is 0.503. The second-order valence-electron chi connectivity index (χ2n) is 5.51. The van der Waals surface area contributed by atoms with Crippen molar-refractivity contribution >= 4 is 10.0 Å². The van der Waals surface area contributed by atoms with Crippen molar-refractivity contribution in [2.75, 3.05) is 13.6 Å². The molecule has 1 aromatic carbocycles. The fraction of sp³-hybridized carbons (Fsp3) is 0.533. The Morgan fingerprint density at radius 3 is 2.76 bits per heavy atom. The first-order chi connectivity index (χ1) is 10.0. The number of nitriles is 1. The van der Waals surface area contributed by atoms with Crippen molar-refractivity contribution in [2.45, 2.75) is 36.6 Å². The third-order valence-electron chi connectivity index (χ3n) is 4.28. The van der Waals surface area contributed by atoms with Crippen molar-refractivity contribution in [2.24, 2.45) is 11.7 Å². The van der Waals surface area contributed by atoms with Gasteiger partial charge in [-0.3, -0.25) is 0 Å². The van der Waals surface area contributed by atoms with Crippen LogP contribution in [0.15, 0.2) is 29.2 Å². The Bertz CT molecular complexity index is 637. The standard InChI is InChI=1S/C15H21N3O2S/c1-18(15-8-3-2-6-13(15)11-17)21(19,20)14-7-4-5-12(9-14)10-16/h4-5,7,9,13,15H,2-3,6,8,11,17H2,1H3. The molecule has 0 aliphatic heterocycles. The van der Waals surface area contributed by atoms with Gasteiger partial charge in [-0.2, -0.15) is 9.57 Å². The van der Waals surface area contributed by atoms with Crippen molar-refractivity contribution in [3.63, 3.8) is 0 Å². The predicted octanol–water partition coefficient (Wildman–Crippen LogP) is 1.70. The number of nitrogens with zero attached hydrogens (tertiary/aromatic N) is 2. The van der Waals surface area contributed by atoms with E-state index in [4.69, 9.17) is 11.0 Å². The van der Waals surface area contributed by atoms with Crippen molar-refractivity contribution in [1.29, 1.82) is 5.26 Å². The van der Waals surface area contributed by atoms with Gasteiger partial charge in [-0.05, 0) is 43.5 Å². The molecule has 0 aromatic heterocycles. The first kappa shape index (κ1) is 16.0. The SMILES string of the molecule is CN(C1CCCCC1CN)S(=O)(=O)c1cccc(C#N)c1. The van der Waals surface area contributed by atoms with Gasteiger partial charge < -0.3 is 5.73 Å². The molecule has 0 amide bonds. The molecule has 0 bridgehead atoms. The zero-order chi connectivity index (χ0) is 15.5. The van der Waals surface area contributed by atoms with Gasteiger partial charge in [0.15, 0.2) is 0 Å². The number of nitrogens with two attached hydrogens (primary N) is 1. The molecular weight excluding hydrogens is 286 g/mol. The van der Waals surface area contributed by atoms with Gasteiger partial charge in [0.2, 0.25) is 10.0 Å². The molecule has 2 atom stereocenters. The fourth-order valence-electron chi connectivity index (χ4n) is 3.01. The van der Waals surface area contributed by atoms with E-state index >= 15 is 0 Å². The molecule has 6 heteroatoms. The van der Waals surface area contributed by atoms with Crippen molar-refractivity contribution < 1.29 is 8.42 Å². The number of rotatable bonds is 4. The van der Waals surface area contributed by atoms with E-state index in [9.17, 15) is 8.42 Å². The van der Waals surface area contributed by atoms with Gasteiger partial charge in [-0.15, -0.1) is 0 Å². The summed E-state index contributed by atoms with van der Waals surface area (Å²) >= 11 is 0. The first-order valence-corrected chi connectivity index (χ1v) is 8.63. The molecular formula is C15H21N3O2S. The average molecular weight is 307 g/mol. The maximum atomic E-state index is 12.7. The molecule has 0 saturated heterocycles. The van der Waals surface area contributed by atoms with Crippen LogP contribution in [0.4, 0.5) is 0 Å². The Morgan fingerprint density at radius 2 is 2.10 bits per heavy atom. The normalized spacial score (nSPS) is 23.0. The third-order valence-corrected chi connectivity index (χ3v) is 6.16. The van der Waals surface area contributed by atoms with E-state index in [0.29, 0.717) is 12.1 Å². The molecule has 1 saturated carbocycles. The lowest BCUT2D eigenvalue weighted by Crippen LogP contribution is -2.45. The van der Waals surface area contributed by atoms with Crippen LogP contribution >= 0.6 is 0 Å². The molecule has 1 aliphatic carbocycles. The van der Waals surface area contributed by atoms with Crippen molar-refractivity contribution in [3.8, 4) is 6.07 Å². The highest BCUT2D eigenvalue weighted by Gasteiger charge is 2.34. The van der Waals surface area contributed by atoms with Gasteiger partial charge in [0, 0.05) is 13.1 Å². The van der Waals surface area contributed by atoms with Gasteiger partial charge >= 0.3 is 0 Å². The Balaban J connectivity index is 2.31. The molecule has 5 nitrogen and oxygen atoms in total. The summed E-state index contributed by atoms with van der Waals surface area (Å²) in [4.78, 5) is 0.172. The van der Waals surface area contributed by atoms with E-state index in [1.807, 2.05) is 6.07 Å². The predicted molar refractivity (Wildman–Crippen MR) is 80.9 cm³/mol. The van der Waals surface area contributed by atoms with Crippen LogP contribution in [0.1, 0.15) is 31.2 Å². The molecule has 0 heterocycles. The van der Waals surface area contributed by atoms with Crippen LogP contribution in [0.25, 0.3) is 0 Å². The van der Waals surface area contributed by atoms with Crippen molar-refractivity contribution in [1.82, 2.24) is 4.31 Å². The van der Waals surface area contributed by atoms with Crippen LogP contribution in [0.3, 0.4) is 0 Å². The lowest BCUT2D eigenvalue weighted by molar-refractivity contribution is 0.204. The van der Waals surface area contributed by atoms with Gasteiger partial charge in [-0.1, -0.05) is 18.9 Å². The Kier molecular flexibility index (Phi) is 4.99. The highest BCUT2D eigenvalue weighted by molar-refractivity contribution is 7.89. The minimum Gasteiger partial charge on any atom is -0.330 e. The third kappa shape index (κ3) is 3.26. The van der Waals surface area contributed by atoms with E-state index in [-0.39, 0.29) is 16.9 Å². The molecule has 0 spiro atoms. The molecule has 1 aromatic rings. The Hall–Kier alpha value is -1.42. The van der Waals surface area contributed by atoms with Crippen molar-refractivity contribution in [3.05, 3.63) is 29.8 Å². The van der Waals surface area contributed by atoms with Crippen LogP contribution in [0.5, 0.6) is 0 Å². The number of hydrogen-bond acceptors (Lipinski definition) is 4. The molecule has 2 rings (SSSR count). The zero-order valence-electron chi connectivity index (χ0n) is 12.2. The maximum Gasteiger partial charge on any atom is 0.243 e. The van der Waals surface area contributed by atoms with Gasteiger partial charge in [0.25, 0.3) is 0 Å². The van der Waals surface area contributed by atoms with E-state index in [0.717, 1.165) is 25.7 Å². The van der Waals surface area contributed by atoms with E-state index in [2.05, 4.69) is 0 Å². The molecule has 1 aliphatic rings. The topological polar surface area (TPSA) is 87.2 Å². The number of sulfonamides is 1. The molecule has 0 radical (unpaired) electrons. The summed E-state index contributed by atoms with van der Waals surface area (Å²) in [5.74, 6) is 0.206. The maximum absolute atomic E-state index is 12.7. The summed E-state index contributed by atoms with van der Waals surface area (Å²) < 4.78 is 26.9. The minimum absolute atomic E-state index is 0.0560.